The molecule has 0 radical (unpaired) electrons. The summed E-state index contributed by atoms with van der Waals surface area (Å²) in [5.74, 6) is -0.218. The molecule has 0 bridgehead atoms. The summed E-state index contributed by atoms with van der Waals surface area (Å²) in [5.41, 5.74) is 1.72. The number of hydrogen-bond acceptors (Lipinski definition) is 4. The Morgan fingerprint density at radius 1 is 1.19 bits per heavy atom. The second-order valence-corrected chi connectivity index (χ2v) is 5.24. The van der Waals surface area contributed by atoms with Gasteiger partial charge in [0.15, 0.2) is 15.5 Å². The lowest BCUT2D eigenvalue weighted by Gasteiger charge is -2.03. The molecule has 3 nitrogen and oxygen atoms in total. The number of rotatable bonds is 2. The maximum Gasteiger partial charge on any atom is 0.160 e. The van der Waals surface area contributed by atoms with E-state index in [4.69, 9.17) is 12.2 Å². The number of aromatic amines is 1. The zero-order valence-electron chi connectivity index (χ0n) is 8.79. The third-order valence-corrected chi connectivity index (χ3v) is 3.51. The molecule has 1 aromatic heterocycles. The number of ketones is 2. The van der Waals surface area contributed by atoms with Crippen molar-refractivity contribution >= 4 is 45.3 Å². The molecule has 16 heavy (non-hydrogen) atoms. The van der Waals surface area contributed by atoms with Crippen LogP contribution in [-0.4, -0.2) is 16.6 Å². The molecule has 1 N–H and O–H groups in total. The fraction of sp³-hybridized carbons (Fsp3) is 0.182. The highest BCUT2D eigenvalue weighted by Crippen LogP contribution is 2.24. The van der Waals surface area contributed by atoms with Crippen LogP contribution in [0.2, 0.25) is 0 Å². The van der Waals surface area contributed by atoms with E-state index < -0.39 is 0 Å². The van der Waals surface area contributed by atoms with E-state index in [2.05, 4.69) is 4.98 Å². The van der Waals surface area contributed by atoms with Crippen LogP contribution in [0.5, 0.6) is 0 Å². The number of fused-ring (bicyclic) bond motifs is 1. The van der Waals surface area contributed by atoms with Gasteiger partial charge in [0.25, 0.3) is 0 Å². The molecule has 82 valence electrons. The third kappa shape index (κ3) is 1.83. The Kier molecular flexibility index (Phi) is 2.73. The van der Waals surface area contributed by atoms with Gasteiger partial charge in [-0.1, -0.05) is 0 Å². The molecule has 0 saturated carbocycles. The molecule has 1 heterocycles. The topological polar surface area (TPSA) is 49.9 Å². The van der Waals surface area contributed by atoms with Gasteiger partial charge in [-0.3, -0.25) is 9.59 Å². The Morgan fingerprint density at radius 2 is 1.75 bits per heavy atom. The molecule has 0 fully saturated rings. The van der Waals surface area contributed by atoms with Gasteiger partial charge in [0, 0.05) is 11.1 Å². The smallest absolute Gasteiger partial charge is 0.160 e. The minimum absolute atomic E-state index is 0.105. The average molecular weight is 251 g/mol. The van der Waals surface area contributed by atoms with Crippen molar-refractivity contribution < 1.29 is 9.59 Å². The van der Waals surface area contributed by atoms with Crippen molar-refractivity contribution in [3.8, 4) is 0 Å². The predicted molar refractivity (Wildman–Crippen MR) is 67.0 cm³/mol. The van der Waals surface area contributed by atoms with Crippen LogP contribution >= 0.6 is 23.6 Å². The second-order valence-electron chi connectivity index (χ2n) is 3.52. The molecule has 0 aliphatic carbocycles. The molecule has 0 amide bonds. The molecule has 1 aromatic carbocycles. The summed E-state index contributed by atoms with van der Waals surface area (Å²) in [4.78, 5) is 25.9. The molecule has 5 heteroatoms. The number of carbonyl (C=O) groups excluding carboxylic acids is 2. The fourth-order valence-corrected chi connectivity index (χ4v) is 2.72. The van der Waals surface area contributed by atoms with Gasteiger partial charge in [-0.05, 0) is 38.2 Å². The van der Waals surface area contributed by atoms with Crippen molar-refractivity contribution in [1.29, 1.82) is 0 Å². The lowest BCUT2D eigenvalue weighted by Crippen LogP contribution is -2.03. The molecule has 0 unspecified atom stereocenters. The number of aromatic nitrogens is 1. The number of benzene rings is 1. The molecule has 0 atom stereocenters. The Balaban J connectivity index is 2.85. The van der Waals surface area contributed by atoms with E-state index in [1.54, 1.807) is 12.1 Å². The number of carbonyl (C=O) groups is 2. The highest BCUT2D eigenvalue weighted by Gasteiger charge is 2.13. The quantitative estimate of drug-likeness (QED) is 0.657. The maximum atomic E-state index is 11.4. The maximum absolute atomic E-state index is 11.4. The van der Waals surface area contributed by atoms with Crippen molar-refractivity contribution in [2.75, 3.05) is 0 Å². The highest BCUT2D eigenvalue weighted by atomic mass is 32.1. The van der Waals surface area contributed by atoms with E-state index >= 15 is 0 Å². The first-order valence-corrected chi connectivity index (χ1v) is 5.90. The van der Waals surface area contributed by atoms with E-state index in [9.17, 15) is 9.59 Å². The first kappa shape index (κ1) is 11.2. The standard InChI is InChI=1S/C11H9NO2S2/c1-5(13)7-3-9-10(16-11(15)12-9)4-8(7)6(2)14/h3-4H,1-2H3,(H,12,15). The summed E-state index contributed by atoms with van der Waals surface area (Å²) < 4.78 is 1.55. The molecule has 2 rings (SSSR count). The van der Waals surface area contributed by atoms with E-state index in [0.29, 0.717) is 15.1 Å². The number of Topliss-reactive ketones (excluding diaryl/α,β-unsaturated/α-hetero) is 2. The number of H-pyrrole nitrogens is 1. The van der Waals surface area contributed by atoms with E-state index in [1.165, 1.54) is 25.2 Å². The molecular formula is C11H9NO2S2. The van der Waals surface area contributed by atoms with Gasteiger partial charge in [-0.2, -0.15) is 0 Å². The van der Waals surface area contributed by atoms with E-state index in [-0.39, 0.29) is 11.6 Å². The molecule has 2 aromatic rings. The van der Waals surface area contributed by atoms with Gasteiger partial charge in [-0.25, -0.2) is 0 Å². The van der Waals surface area contributed by atoms with Gasteiger partial charge < -0.3 is 4.98 Å². The molecular weight excluding hydrogens is 242 g/mol. The van der Waals surface area contributed by atoms with Crippen molar-refractivity contribution in [2.24, 2.45) is 0 Å². The lowest BCUT2D eigenvalue weighted by atomic mass is 10.0. The highest BCUT2D eigenvalue weighted by molar-refractivity contribution is 7.73. The van der Waals surface area contributed by atoms with E-state index in [0.717, 1.165) is 10.2 Å². The van der Waals surface area contributed by atoms with Crippen molar-refractivity contribution in [3.63, 3.8) is 0 Å². The summed E-state index contributed by atoms with van der Waals surface area (Å²) in [5, 5.41) is 0. The van der Waals surface area contributed by atoms with Gasteiger partial charge in [0.1, 0.15) is 0 Å². The molecule has 0 aliphatic heterocycles. The summed E-state index contributed by atoms with van der Waals surface area (Å²) in [7, 11) is 0. The normalized spacial score (nSPS) is 10.6. The third-order valence-electron chi connectivity index (χ3n) is 2.32. The summed E-state index contributed by atoms with van der Waals surface area (Å²) >= 11 is 6.42. The van der Waals surface area contributed by atoms with Gasteiger partial charge >= 0.3 is 0 Å². The SMILES string of the molecule is CC(=O)c1cc2[nH]c(=S)sc2cc1C(C)=O. The van der Waals surface area contributed by atoms with Crippen LogP contribution in [0.15, 0.2) is 12.1 Å². The van der Waals surface area contributed by atoms with Crippen LogP contribution in [-0.2, 0) is 0 Å². The number of hydrogen-bond donors (Lipinski definition) is 1. The monoisotopic (exact) mass is 251 g/mol. The van der Waals surface area contributed by atoms with Crippen LogP contribution < -0.4 is 0 Å². The first-order chi connectivity index (χ1) is 7.49. The number of thiazole rings is 1. The molecule has 0 spiro atoms. The largest absolute Gasteiger partial charge is 0.337 e. The van der Waals surface area contributed by atoms with Gasteiger partial charge in [0.05, 0.1) is 10.2 Å². The van der Waals surface area contributed by atoms with Crippen LogP contribution in [0, 0.1) is 3.95 Å². The Morgan fingerprint density at radius 3 is 2.31 bits per heavy atom. The first-order valence-electron chi connectivity index (χ1n) is 4.68. The second kappa shape index (κ2) is 3.92. The minimum atomic E-state index is -0.113. The van der Waals surface area contributed by atoms with Gasteiger partial charge in [0.2, 0.25) is 0 Å². The Labute approximate surface area is 101 Å². The predicted octanol–water partition coefficient (Wildman–Crippen LogP) is 3.36. The summed E-state index contributed by atoms with van der Waals surface area (Å²) in [6, 6.07) is 3.42. The summed E-state index contributed by atoms with van der Waals surface area (Å²) in [6.07, 6.45) is 0. The Bertz CT molecular complexity index is 598. The van der Waals surface area contributed by atoms with Crippen LogP contribution in [0.4, 0.5) is 0 Å². The van der Waals surface area contributed by atoms with Gasteiger partial charge in [-0.15, -0.1) is 11.3 Å². The number of nitrogens with one attached hydrogen (secondary N) is 1. The minimum Gasteiger partial charge on any atom is -0.337 e. The van der Waals surface area contributed by atoms with E-state index in [1.807, 2.05) is 0 Å². The van der Waals surface area contributed by atoms with Crippen LogP contribution in [0.3, 0.4) is 0 Å². The summed E-state index contributed by atoms with van der Waals surface area (Å²) in [6.45, 7) is 2.91. The van der Waals surface area contributed by atoms with Crippen LogP contribution in [0.25, 0.3) is 10.2 Å². The lowest BCUT2D eigenvalue weighted by molar-refractivity contribution is 0.0981. The van der Waals surface area contributed by atoms with Crippen LogP contribution in [0.1, 0.15) is 34.6 Å². The fourth-order valence-electron chi connectivity index (χ4n) is 1.58. The van der Waals surface area contributed by atoms with Crippen molar-refractivity contribution in [3.05, 3.63) is 27.2 Å². The average Bonchev–Trinajstić information content (AvgIpc) is 2.54. The van der Waals surface area contributed by atoms with Crippen molar-refractivity contribution in [1.82, 2.24) is 4.98 Å². The molecule has 0 saturated heterocycles. The molecule has 0 aliphatic rings. The Hall–Kier alpha value is -1.33. The zero-order valence-corrected chi connectivity index (χ0v) is 10.4. The zero-order chi connectivity index (χ0) is 11.9. The van der Waals surface area contributed by atoms with Crippen molar-refractivity contribution in [2.45, 2.75) is 13.8 Å².